The highest BCUT2D eigenvalue weighted by Gasteiger charge is 2.32. The van der Waals surface area contributed by atoms with Gasteiger partial charge in [0.25, 0.3) is 11.5 Å². The molecule has 1 amide bonds. The van der Waals surface area contributed by atoms with Crippen molar-refractivity contribution in [3.63, 3.8) is 0 Å². The van der Waals surface area contributed by atoms with E-state index in [9.17, 15) is 33.1 Å². The average Bonchev–Trinajstić information content (AvgIpc) is 2.98. The second-order valence-corrected chi connectivity index (χ2v) is 11.2. The van der Waals surface area contributed by atoms with E-state index >= 15 is 0 Å². The molecule has 0 atom stereocenters. The van der Waals surface area contributed by atoms with Crippen LogP contribution in [0.25, 0.3) is 22.4 Å². The normalized spacial score (nSPS) is 14.0. The number of benzene rings is 3. The van der Waals surface area contributed by atoms with Gasteiger partial charge in [0.15, 0.2) is 0 Å². The quantitative estimate of drug-likeness (QED) is 0.237. The molecule has 5 rings (SSSR count). The summed E-state index contributed by atoms with van der Waals surface area (Å²) in [5, 5.41) is 20.8. The Morgan fingerprint density at radius 3 is 2.35 bits per heavy atom. The number of amides is 1. The van der Waals surface area contributed by atoms with E-state index in [1.165, 1.54) is 23.8 Å². The Morgan fingerprint density at radius 2 is 1.70 bits per heavy atom. The van der Waals surface area contributed by atoms with E-state index in [2.05, 4.69) is 17.1 Å². The number of nitrogens with zero attached hydrogens (tertiary/aromatic N) is 2. The fourth-order valence-corrected chi connectivity index (χ4v) is 5.80. The number of H-pyrrole nitrogens is 1. The third-order valence-corrected chi connectivity index (χ3v) is 8.14. The molecule has 0 saturated carbocycles. The fraction of sp³-hybridized carbons (Fsp3) is 0.219. The first-order valence-electron chi connectivity index (χ1n) is 13.4. The van der Waals surface area contributed by atoms with Crippen molar-refractivity contribution in [3.05, 3.63) is 109 Å². The van der Waals surface area contributed by atoms with Gasteiger partial charge in [-0.15, -0.1) is 0 Å². The zero-order valence-corrected chi connectivity index (χ0v) is 24.0. The van der Waals surface area contributed by atoms with Crippen LogP contribution in [0.2, 0.25) is 10.0 Å². The third-order valence-electron chi connectivity index (χ3n) is 7.59. The summed E-state index contributed by atoms with van der Waals surface area (Å²) in [7, 11) is 0. The summed E-state index contributed by atoms with van der Waals surface area (Å²) in [6.07, 6.45) is -2.25. The highest BCUT2D eigenvalue weighted by molar-refractivity contribution is 6.33. The lowest BCUT2D eigenvalue weighted by Crippen LogP contribution is -2.39. The monoisotopic (exact) mass is 625 g/mol. The van der Waals surface area contributed by atoms with Gasteiger partial charge in [0.1, 0.15) is 17.4 Å². The fourth-order valence-electron chi connectivity index (χ4n) is 5.36. The SMILES string of the molecule is N#Cc1c(-c2cc(C(F)(F)F)ccc2Cl)cc(-c2cc(Cl)cc(C(=O)N3CCC(Cc4ccccc4)CC3)c2O)[nH]c1=O. The van der Waals surface area contributed by atoms with Gasteiger partial charge < -0.3 is 15.0 Å². The van der Waals surface area contributed by atoms with E-state index in [0.29, 0.717) is 19.0 Å². The minimum absolute atomic E-state index is 0.0410. The Bertz CT molecular complexity index is 1790. The Kier molecular flexibility index (Phi) is 8.54. The van der Waals surface area contributed by atoms with Crippen molar-refractivity contribution in [2.75, 3.05) is 13.1 Å². The van der Waals surface area contributed by atoms with Gasteiger partial charge in [0, 0.05) is 39.8 Å². The lowest BCUT2D eigenvalue weighted by molar-refractivity contribution is -0.137. The molecule has 1 aliphatic heterocycles. The summed E-state index contributed by atoms with van der Waals surface area (Å²) < 4.78 is 40.4. The number of aromatic hydroxyl groups is 1. The van der Waals surface area contributed by atoms with Crippen molar-refractivity contribution < 1.29 is 23.1 Å². The van der Waals surface area contributed by atoms with Crippen LogP contribution in [0.15, 0.2) is 71.5 Å². The van der Waals surface area contributed by atoms with Gasteiger partial charge in [-0.3, -0.25) is 9.59 Å². The smallest absolute Gasteiger partial charge is 0.416 e. The molecule has 43 heavy (non-hydrogen) atoms. The Hall–Kier alpha value is -4.26. The van der Waals surface area contributed by atoms with Gasteiger partial charge in [-0.1, -0.05) is 53.5 Å². The number of halogens is 5. The van der Waals surface area contributed by atoms with Crippen LogP contribution in [0.5, 0.6) is 5.75 Å². The van der Waals surface area contributed by atoms with Crippen LogP contribution in [-0.4, -0.2) is 34.0 Å². The first-order valence-corrected chi connectivity index (χ1v) is 14.1. The summed E-state index contributed by atoms with van der Waals surface area (Å²) in [4.78, 5) is 30.5. The van der Waals surface area contributed by atoms with E-state index in [1.807, 2.05) is 18.2 Å². The second kappa shape index (κ2) is 12.2. The van der Waals surface area contributed by atoms with Crippen LogP contribution in [0.4, 0.5) is 13.2 Å². The van der Waals surface area contributed by atoms with Crippen LogP contribution >= 0.6 is 23.2 Å². The van der Waals surface area contributed by atoms with E-state index in [0.717, 1.165) is 37.5 Å². The molecule has 0 aliphatic carbocycles. The molecule has 2 heterocycles. The highest BCUT2D eigenvalue weighted by Crippen LogP contribution is 2.40. The molecule has 0 bridgehead atoms. The number of phenolic OH excluding ortho intramolecular Hbond substituents is 1. The molecule has 4 aromatic rings. The number of aromatic nitrogens is 1. The minimum atomic E-state index is -4.70. The number of piperidine rings is 1. The predicted molar refractivity (Wildman–Crippen MR) is 158 cm³/mol. The molecule has 1 aliphatic rings. The molecule has 2 N–H and O–H groups in total. The molecule has 1 saturated heterocycles. The summed E-state index contributed by atoms with van der Waals surface area (Å²) in [5.41, 5.74) is -1.76. The maximum atomic E-state index is 13.5. The van der Waals surface area contributed by atoms with E-state index in [1.54, 1.807) is 11.0 Å². The number of carbonyl (C=O) groups is 1. The van der Waals surface area contributed by atoms with E-state index in [-0.39, 0.29) is 38.0 Å². The molecule has 0 spiro atoms. The average molecular weight is 626 g/mol. The van der Waals surface area contributed by atoms with Gasteiger partial charge >= 0.3 is 6.18 Å². The first kappa shape index (κ1) is 30.2. The van der Waals surface area contributed by atoms with Crippen molar-refractivity contribution in [2.45, 2.75) is 25.4 Å². The number of carbonyl (C=O) groups excluding carboxylic acids is 1. The predicted octanol–water partition coefficient (Wildman–Crippen LogP) is 7.71. The van der Waals surface area contributed by atoms with Crippen molar-refractivity contribution in [2.24, 2.45) is 5.92 Å². The highest BCUT2D eigenvalue weighted by atomic mass is 35.5. The Balaban J connectivity index is 1.48. The van der Waals surface area contributed by atoms with Crippen LogP contribution in [-0.2, 0) is 12.6 Å². The number of hydrogen-bond acceptors (Lipinski definition) is 4. The molecule has 11 heteroatoms. The zero-order chi connectivity index (χ0) is 30.9. The van der Waals surface area contributed by atoms with Crippen LogP contribution in [0.1, 0.15) is 39.9 Å². The van der Waals surface area contributed by atoms with Gasteiger partial charge in [-0.25, -0.2) is 0 Å². The lowest BCUT2D eigenvalue weighted by atomic mass is 9.90. The first-order chi connectivity index (χ1) is 20.5. The lowest BCUT2D eigenvalue weighted by Gasteiger charge is -2.32. The molecule has 3 aromatic carbocycles. The largest absolute Gasteiger partial charge is 0.506 e. The number of aromatic amines is 1. The van der Waals surface area contributed by atoms with Crippen LogP contribution in [0.3, 0.4) is 0 Å². The van der Waals surface area contributed by atoms with Crippen molar-refractivity contribution in [3.8, 4) is 34.2 Å². The number of nitriles is 1. The number of pyridine rings is 1. The number of hydrogen-bond donors (Lipinski definition) is 2. The van der Waals surface area contributed by atoms with Crippen molar-refractivity contribution in [1.29, 1.82) is 5.26 Å². The Morgan fingerprint density at radius 1 is 1.00 bits per heavy atom. The van der Waals surface area contributed by atoms with Crippen LogP contribution < -0.4 is 5.56 Å². The number of alkyl halides is 3. The molecule has 0 unspecified atom stereocenters. The topological polar surface area (TPSA) is 97.2 Å². The summed E-state index contributed by atoms with van der Waals surface area (Å²) in [6, 6.07) is 18.2. The van der Waals surface area contributed by atoms with E-state index < -0.39 is 34.5 Å². The van der Waals surface area contributed by atoms with Gasteiger partial charge in [-0.2, -0.15) is 18.4 Å². The zero-order valence-electron chi connectivity index (χ0n) is 22.5. The van der Waals surface area contributed by atoms with E-state index in [4.69, 9.17) is 23.2 Å². The molecular weight excluding hydrogens is 602 g/mol. The molecule has 6 nitrogen and oxygen atoms in total. The van der Waals surface area contributed by atoms with Crippen LogP contribution in [0, 0.1) is 17.2 Å². The molecule has 220 valence electrons. The number of nitrogens with one attached hydrogen (secondary N) is 1. The summed E-state index contributed by atoms with van der Waals surface area (Å²) in [5.74, 6) is -0.515. The maximum absolute atomic E-state index is 13.5. The second-order valence-electron chi connectivity index (χ2n) is 10.4. The summed E-state index contributed by atoms with van der Waals surface area (Å²) >= 11 is 12.6. The standard InChI is InChI=1S/C32H24Cl2F3N3O3/c33-21-14-24(28-16-22(26(17-38)30(42)39-28)23-13-20(32(35,36)37)6-7-27(23)34)29(41)25(15-21)31(43)40-10-8-19(9-11-40)12-18-4-2-1-3-5-18/h1-7,13-16,19,41H,8-12H2,(H,39,42). The number of phenols is 1. The number of likely N-dealkylation sites (tertiary alicyclic amines) is 1. The maximum Gasteiger partial charge on any atom is 0.416 e. The van der Waals surface area contributed by atoms with Gasteiger partial charge in [0.05, 0.1) is 16.8 Å². The van der Waals surface area contributed by atoms with Crippen molar-refractivity contribution >= 4 is 29.1 Å². The molecule has 1 fully saturated rings. The minimum Gasteiger partial charge on any atom is -0.506 e. The van der Waals surface area contributed by atoms with Crippen molar-refractivity contribution in [1.82, 2.24) is 9.88 Å². The van der Waals surface area contributed by atoms with Gasteiger partial charge in [-0.05, 0) is 67.1 Å². The Labute approximate surface area is 254 Å². The van der Waals surface area contributed by atoms with Gasteiger partial charge in [0.2, 0.25) is 0 Å². The molecular formula is C32H24Cl2F3N3O3. The molecule has 1 aromatic heterocycles. The third kappa shape index (κ3) is 6.41. The number of rotatable bonds is 5. The summed E-state index contributed by atoms with van der Waals surface area (Å²) in [6.45, 7) is 0.951. The molecule has 0 radical (unpaired) electrons.